The molecule has 146 valence electrons. The number of phenols is 1. The van der Waals surface area contributed by atoms with Gasteiger partial charge in [0.15, 0.2) is 17.3 Å². The molecule has 0 bridgehead atoms. The topological polar surface area (TPSA) is 79.6 Å². The van der Waals surface area contributed by atoms with Crippen molar-refractivity contribution in [3.05, 3.63) is 64.8 Å². The van der Waals surface area contributed by atoms with Gasteiger partial charge in [0, 0.05) is 30.4 Å². The second-order valence-corrected chi connectivity index (χ2v) is 6.81. The van der Waals surface area contributed by atoms with E-state index >= 15 is 0 Å². The summed E-state index contributed by atoms with van der Waals surface area (Å²) >= 11 is 5.92. The molecule has 28 heavy (non-hydrogen) atoms. The highest BCUT2D eigenvalue weighted by Crippen LogP contribution is 2.26. The smallest absolute Gasteiger partial charge is 0.323 e. The molecule has 3 rings (SSSR count). The Kier molecular flexibility index (Phi) is 5.75. The summed E-state index contributed by atoms with van der Waals surface area (Å²) in [5.41, 5.74) is 2.45. The molecule has 0 aliphatic rings. The molecule has 0 aliphatic carbocycles. The molecular weight excluding hydrogens is 380 g/mol. The first-order valence-corrected chi connectivity index (χ1v) is 8.95. The molecule has 7 nitrogen and oxygen atoms in total. The summed E-state index contributed by atoms with van der Waals surface area (Å²) in [4.78, 5) is 14.0. The van der Waals surface area contributed by atoms with Crippen LogP contribution in [0, 0.1) is 6.92 Å². The van der Waals surface area contributed by atoms with Gasteiger partial charge < -0.3 is 14.7 Å². The molecule has 0 radical (unpaired) electrons. The summed E-state index contributed by atoms with van der Waals surface area (Å²) in [6.45, 7) is 2.19. The van der Waals surface area contributed by atoms with Crippen LogP contribution in [0.1, 0.15) is 11.1 Å². The average Bonchev–Trinajstić information content (AvgIpc) is 3.03. The van der Waals surface area contributed by atoms with Crippen molar-refractivity contribution in [2.75, 3.05) is 19.5 Å². The summed E-state index contributed by atoms with van der Waals surface area (Å²) in [6, 6.07) is 12.0. The first-order chi connectivity index (χ1) is 13.4. The quantitative estimate of drug-likeness (QED) is 0.672. The summed E-state index contributed by atoms with van der Waals surface area (Å²) < 4.78 is 6.71. The van der Waals surface area contributed by atoms with Gasteiger partial charge in [-0.15, -0.1) is 5.10 Å². The molecule has 2 N–H and O–H groups in total. The second kappa shape index (κ2) is 8.22. The fraction of sp³-hybridized carbons (Fsp3) is 0.200. The van der Waals surface area contributed by atoms with Crippen molar-refractivity contribution in [2.45, 2.75) is 13.5 Å². The first-order valence-electron chi connectivity index (χ1n) is 8.57. The third-order valence-corrected chi connectivity index (χ3v) is 4.48. The monoisotopic (exact) mass is 400 g/mol. The van der Waals surface area contributed by atoms with Crippen LogP contribution >= 0.6 is 11.6 Å². The zero-order chi connectivity index (χ0) is 20.3. The van der Waals surface area contributed by atoms with E-state index in [9.17, 15) is 9.90 Å². The van der Waals surface area contributed by atoms with Crippen molar-refractivity contribution in [3.63, 3.8) is 0 Å². The molecule has 0 fully saturated rings. The largest absolute Gasteiger partial charge is 0.504 e. The van der Waals surface area contributed by atoms with Crippen LogP contribution < -0.4 is 10.1 Å². The molecule has 2 amide bonds. The maximum absolute atomic E-state index is 12.5. The molecule has 0 spiro atoms. The fourth-order valence-corrected chi connectivity index (χ4v) is 2.81. The van der Waals surface area contributed by atoms with Gasteiger partial charge >= 0.3 is 6.03 Å². The Bertz CT molecular complexity index is 986. The number of aromatic nitrogens is 2. The second-order valence-electron chi connectivity index (χ2n) is 6.37. The van der Waals surface area contributed by atoms with Crippen molar-refractivity contribution < 1.29 is 14.6 Å². The van der Waals surface area contributed by atoms with Crippen LogP contribution in [-0.2, 0) is 6.54 Å². The van der Waals surface area contributed by atoms with Crippen LogP contribution in [-0.4, -0.2) is 40.0 Å². The van der Waals surface area contributed by atoms with E-state index in [2.05, 4.69) is 10.4 Å². The highest BCUT2D eigenvalue weighted by atomic mass is 35.5. The Morgan fingerprint density at radius 3 is 2.64 bits per heavy atom. The number of rotatable bonds is 5. The Morgan fingerprint density at radius 1 is 1.29 bits per heavy atom. The number of hydrogen-bond donors (Lipinski definition) is 2. The van der Waals surface area contributed by atoms with E-state index in [1.165, 1.54) is 12.0 Å². The zero-order valence-corrected chi connectivity index (χ0v) is 16.6. The van der Waals surface area contributed by atoms with E-state index in [-0.39, 0.29) is 11.8 Å². The summed E-state index contributed by atoms with van der Waals surface area (Å²) in [6.07, 6.45) is 1.83. The van der Waals surface area contributed by atoms with E-state index in [1.807, 2.05) is 25.3 Å². The Balaban J connectivity index is 1.68. The van der Waals surface area contributed by atoms with Crippen molar-refractivity contribution >= 4 is 23.4 Å². The molecule has 0 saturated heterocycles. The SMILES string of the molecule is COc1ccc(CN(C)C(=O)Nc2nn(-c3ccc(Cl)cc3)cc2C)cc1O. The van der Waals surface area contributed by atoms with E-state index in [0.717, 1.165) is 16.8 Å². The predicted molar refractivity (Wildman–Crippen MR) is 108 cm³/mol. The number of hydrogen-bond acceptors (Lipinski definition) is 4. The van der Waals surface area contributed by atoms with Gasteiger partial charge in [-0.2, -0.15) is 0 Å². The van der Waals surface area contributed by atoms with Crippen LogP contribution in [0.3, 0.4) is 0 Å². The number of methoxy groups -OCH3 is 1. The van der Waals surface area contributed by atoms with Crippen LogP contribution in [0.15, 0.2) is 48.7 Å². The number of carbonyl (C=O) groups is 1. The van der Waals surface area contributed by atoms with Crippen LogP contribution in [0.5, 0.6) is 11.5 Å². The molecule has 1 aromatic heterocycles. The molecule has 0 aliphatic heterocycles. The number of aryl methyl sites for hydroxylation is 1. The van der Waals surface area contributed by atoms with Gasteiger partial charge in [0.2, 0.25) is 0 Å². The number of urea groups is 1. The number of phenolic OH excluding ortho intramolecular Hbond substituents is 1. The lowest BCUT2D eigenvalue weighted by molar-refractivity contribution is 0.220. The normalized spacial score (nSPS) is 10.6. The Hall–Kier alpha value is -3.19. The number of amides is 2. The highest BCUT2D eigenvalue weighted by molar-refractivity contribution is 6.30. The molecule has 3 aromatic rings. The van der Waals surface area contributed by atoms with Gasteiger partial charge in [0.05, 0.1) is 12.8 Å². The number of nitrogens with one attached hydrogen (secondary N) is 1. The van der Waals surface area contributed by atoms with Crippen molar-refractivity contribution in [1.29, 1.82) is 0 Å². The molecule has 0 saturated carbocycles. The number of nitrogens with zero attached hydrogens (tertiary/aromatic N) is 3. The predicted octanol–water partition coefficient (Wildman–Crippen LogP) is 4.21. The lowest BCUT2D eigenvalue weighted by atomic mass is 10.2. The fourth-order valence-electron chi connectivity index (χ4n) is 2.69. The lowest BCUT2D eigenvalue weighted by Crippen LogP contribution is -2.31. The molecule has 0 atom stereocenters. The summed E-state index contributed by atoms with van der Waals surface area (Å²) in [5.74, 6) is 0.898. The number of aromatic hydroxyl groups is 1. The first kappa shape index (κ1) is 19.6. The van der Waals surface area contributed by atoms with Gasteiger partial charge in [0.25, 0.3) is 0 Å². The van der Waals surface area contributed by atoms with Gasteiger partial charge in [-0.05, 0) is 48.9 Å². The Morgan fingerprint density at radius 2 is 2.00 bits per heavy atom. The van der Waals surface area contributed by atoms with E-state index in [4.69, 9.17) is 16.3 Å². The molecular formula is C20H21ClN4O3. The van der Waals surface area contributed by atoms with Gasteiger partial charge in [-0.3, -0.25) is 5.32 Å². The van der Waals surface area contributed by atoms with Crippen molar-refractivity contribution in [2.24, 2.45) is 0 Å². The van der Waals surface area contributed by atoms with Crippen LogP contribution in [0.25, 0.3) is 5.69 Å². The molecule has 1 heterocycles. The van der Waals surface area contributed by atoms with E-state index in [1.54, 1.807) is 42.1 Å². The Labute approximate surface area is 168 Å². The number of benzene rings is 2. The number of carbonyl (C=O) groups excluding carboxylic acids is 1. The van der Waals surface area contributed by atoms with Crippen LogP contribution in [0.4, 0.5) is 10.6 Å². The number of ether oxygens (including phenoxy) is 1. The number of anilines is 1. The van der Waals surface area contributed by atoms with Crippen LogP contribution in [0.2, 0.25) is 5.02 Å². The van der Waals surface area contributed by atoms with E-state index in [0.29, 0.717) is 23.1 Å². The molecule has 8 heteroatoms. The standard InChI is InChI=1S/C20H21ClN4O3/c1-13-11-25(16-7-5-15(21)6-8-16)23-19(13)22-20(27)24(2)12-14-4-9-18(28-3)17(26)10-14/h4-11,26H,12H2,1-3H3,(H,22,23,27). The number of halogens is 1. The highest BCUT2D eigenvalue weighted by Gasteiger charge is 2.14. The van der Waals surface area contributed by atoms with Gasteiger partial charge in [-0.25, -0.2) is 9.48 Å². The average molecular weight is 401 g/mol. The van der Waals surface area contributed by atoms with Crippen molar-refractivity contribution in [1.82, 2.24) is 14.7 Å². The van der Waals surface area contributed by atoms with Gasteiger partial charge in [-0.1, -0.05) is 17.7 Å². The van der Waals surface area contributed by atoms with Gasteiger partial charge in [0.1, 0.15) is 0 Å². The molecule has 2 aromatic carbocycles. The van der Waals surface area contributed by atoms with Crippen molar-refractivity contribution in [3.8, 4) is 17.2 Å². The minimum atomic E-state index is -0.306. The minimum Gasteiger partial charge on any atom is -0.504 e. The summed E-state index contributed by atoms with van der Waals surface area (Å²) in [5, 5.41) is 17.8. The molecule has 0 unspecified atom stereocenters. The third-order valence-electron chi connectivity index (χ3n) is 4.22. The third kappa shape index (κ3) is 4.37. The maximum Gasteiger partial charge on any atom is 0.323 e. The lowest BCUT2D eigenvalue weighted by Gasteiger charge is -2.18. The zero-order valence-electron chi connectivity index (χ0n) is 15.8. The minimum absolute atomic E-state index is 0.0337. The summed E-state index contributed by atoms with van der Waals surface area (Å²) in [7, 11) is 3.15. The maximum atomic E-state index is 12.5. The van der Waals surface area contributed by atoms with E-state index < -0.39 is 0 Å².